The molecule has 0 amide bonds. The standard InChI is InChI=1S/C26H24BrNO/c1-15(2)22-13-17(27)14-23(16(3)4)24(22)28-25-20-11-7-5-9-18(20)19-10-6-8-12-21(19)26(25)29/h5-16H,1-4H3. The number of benzene rings is 3. The largest absolute Gasteiger partial charge is 0.287 e. The molecule has 0 aromatic heterocycles. The van der Waals surface area contributed by atoms with Crippen molar-refractivity contribution in [2.24, 2.45) is 4.99 Å². The van der Waals surface area contributed by atoms with Crippen LogP contribution in [-0.2, 0) is 0 Å². The van der Waals surface area contributed by atoms with E-state index in [9.17, 15) is 4.79 Å². The summed E-state index contributed by atoms with van der Waals surface area (Å²) in [5, 5.41) is 0. The van der Waals surface area contributed by atoms with Crippen molar-refractivity contribution < 1.29 is 4.79 Å². The number of nitrogens with zero attached hydrogens (tertiary/aromatic N) is 1. The zero-order chi connectivity index (χ0) is 20.7. The molecular weight excluding hydrogens is 422 g/mol. The molecule has 3 aromatic rings. The van der Waals surface area contributed by atoms with Crippen molar-refractivity contribution in [2.75, 3.05) is 0 Å². The third-order valence-corrected chi connectivity index (χ3v) is 5.92. The minimum atomic E-state index is -0.00775. The summed E-state index contributed by atoms with van der Waals surface area (Å²) >= 11 is 3.65. The van der Waals surface area contributed by atoms with E-state index in [4.69, 9.17) is 4.99 Å². The van der Waals surface area contributed by atoms with Crippen molar-refractivity contribution in [1.29, 1.82) is 0 Å². The van der Waals surface area contributed by atoms with Gasteiger partial charge in [-0.2, -0.15) is 0 Å². The van der Waals surface area contributed by atoms with Crippen LogP contribution in [0.2, 0.25) is 0 Å². The van der Waals surface area contributed by atoms with E-state index < -0.39 is 0 Å². The molecule has 0 radical (unpaired) electrons. The Morgan fingerprint density at radius 3 is 1.69 bits per heavy atom. The first-order valence-electron chi connectivity index (χ1n) is 10.0. The molecule has 0 unspecified atom stereocenters. The molecule has 29 heavy (non-hydrogen) atoms. The van der Waals surface area contributed by atoms with E-state index >= 15 is 0 Å². The Hall–Kier alpha value is -2.52. The predicted molar refractivity (Wildman–Crippen MR) is 125 cm³/mol. The summed E-state index contributed by atoms with van der Waals surface area (Å²) < 4.78 is 1.05. The van der Waals surface area contributed by atoms with Crippen LogP contribution in [0.1, 0.15) is 66.6 Å². The highest BCUT2D eigenvalue weighted by Crippen LogP contribution is 2.40. The Kier molecular flexibility index (Phi) is 5.26. The molecular formula is C26H24BrNO. The van der Waals surface area contributed by atoms with E-state index in [0.29, 0.717) is 17.5 Å². The molecule has 0 bridgehead atoms. The first-order chi connectivity index (χ1) is 13.9. The third-order valence-electron chi connectivity index (χ3n) is 5.46. The van der Waals surface area contributed by atoms with E-state index in [1.165, 1.54) is 0 Å². The lowest BCUT2D eigenvalue weighted by molar-refractivity contribution is 0.106. The van der Waals surface area contributed by atoms with Gasteiger partial charge in [-0.15, -0.1) is 0 Å². The quantitative estimate of drug-likeness (QED) is 0.406. The van der Waals surface area contributed by atoms with Gasteiger partial charge < -0.3 is 0 Å². The van der Waals surface area contributed by atoms with Crippen LogP contribution in [0.5, 0.6) is 0 Å². The summed E-state index contributed by atoms with van der Waals surface area (Å²) in [6, 6.07) is 20.1. The number of hydrogen-bond acceptors (Lipinski definition) is 2. The highest BCUT2D eigenvalue weighted by atomic mass is 79.9. The van der Waals surface area contributed by atoms with Crippen molar-refractivity contribution in [1.82, 2.24) is 0 Å². The molecule has 1 aliphatic carbocycles. The second-order valence-corrected chi connectivity index (χ2v) is 9.04. The minimum absolute atomic E-state index is 0.00775. The van der Waals surface area contributed by atoms with Crippen LogP contribution in [-0.4, -0.2) is 11.5 Å². The Morgan fingerprint density at radius 1 is 0.724 bits per heavy atom. The van der Waals surface area contributed by atoms with Crippen LogP contribution in [0.4, 0.5) is 5.69 Å². The van der Waals surface area contributed by atoms with Gasteiger partial charge in [-0.05, 0) is 46.2 Å². The van der Waals surface area contributed by atoms with Crippen LogP contribution in [0.3, 0.4) is 0 Å². The molecule has 0 aliphatic heterocycles. The Balaban J connectivity index is 2.03. The number of aliphatic imine (C=N–C) groups is 1. The SMILES string of the molecule is CC(C)c1cc(Br)cc(C(C)C)c1N=C1C(=O)c2ccccc2-c2ccccc21. The summed E-state index contributed by atoms with van der Waals surface area (Å²) in [5.74, 6) is 0.586. The average molecular weight is 446 g/mol. The van der Waals surface area contributed by atoms with Crippen molar-refractivity contribution in [3.63, 3.8) is 0 Å². The van der Waals surface area contributed by atoms with Gasteiger partial charge in [0, 0.05) is 15.6 Å². The molecule has 1 aliphatic rings. The summed E-state index contributed by atoms with van der Waals surface area (Å²) in [4.78, 5) is 18.5. The number of rotatable bonds is 3. The zero-order valence-corrected chi connectivity index (χ0v) is 18.7. The molecule has 3 aromatic carbocycles. The van der Waals surface area contributed by atoms with Crippen LogP contribution < -0.4 is 0 Å². The van der Waals surface area contributed by atoms with Crippen LogP contribution in [0, 0.1) is 0 Å². The van der Waals surface area contributed by atoms with Crippen LogP contribution >= 0.6 is 15.9 Å². The zero-order valence-electron chi connectivity index (χ0n) is 17.2. The van der Waals surface area contributed by atoms with Crippen LogP contribution in [0.15, 0.2) is 70.1 Å². The van der Waals surface area contributed by atoms with Gasteiger partial charge in [0.05, 0.1) is 5.69 Å². The number of Topliss-reactive ketones (excluding diaryl/α,β-unsaturated/α-hetero) is 1. The van der Waals surface area contributed by atoms with E-state index in [1.54, 1.807) is 0 Å². The van der Waals surface area contributed by atoms with E-state index in [0.717, 1.165) is 43.5 Å². The molecule has 0 fully saturated rings. The fourth-order valence-electron chi connectivity index (χ4n) is 3.96. The summed E-state index contributed by atoms with van der Waals surface area (Å²) in [6.07, 6.45) is 0. The fraction of sp³-hybridized carbons (Fsp3) is 0.231. The van der Waals surface area contributed by atoms with Crippen LogP contribution in [0.25, 0.3) is 11.1 Å². The van der Waals surface area contributed by atoms with E-state index in [-0.39, 0.29) is 5.78 Å². The lowest BCUT2D eigenvalue weighted by Crippen LogP contribution is -2.22. The van der Waals surface area contributed by atoms with Crippen molar-refractivity contribution in [3.8, 4) is 11.1 Å². The minimum Gasteiger partial charge on any atom is -0.287 e. The Bertz CT molecular complexity index is 1110. The van der Waals surface area contributed by atoms with Crippen molar-refractivity contribution in [2.45, 2.75) is 39.5 Å². The normalized spacial score (nSPS) is 14.4. The number of fused-ring (bicyclic) bond motifs is 3. The van der Waals surface area contributed by atoms with E-state index in [1.807, 2.05) is 42.5 Å². The number of carbonyl (C=O) groups is 1. The average Bonchev–Trinajstić information content (AvgIpc) is 2.71. The molecule has 3 heteroatoms. The second kappa shape index (κ2) is 7.72. The topological polar surface area (TPSA) is 29.4 Å². The second-order valence-electron chi connectivity index (χ2n) is 8.12. The molecule has 0 N–H and O–H groups in total. The first-order valence-corrected chi connectivity index (χ1v) is 10.8. The highest BCUT2D eigenvalue weighted by Gasteiger charge is 2.29. The fourth-order valence-corrected chi connectivity index (χ4v) is 4.46. The number of halogens is 1. The molecule has 4 rings (SSSR count). The first kappa shape index (κ1) is 19.8. The Labute approximate surface area is 180 Å². The maximum absolute atomic E-state index is 13.5. The molecule has 0 saturated heterocycles. The van der Waals surface area contributed by atoms with Gasteiger partial charge in [0.1, 0.15) is 5.71 Å². The van der Waals surface area contributed by atoms with Gasteiger partial charge >= 0.3 is 0 Å². The number of hydrogen-bond donors (Lipinski definition) is 0. The van der Waals surface area contributed by atoms with Gasteiger partial charge in [-0.1, -0.05) is 92.2 Å². The molecule has 0 atom stereocenters. The smallest absolute Gasteiger partial charge is 0.212 e. The van der Waals surface area contributed by atoms with Gasteiger partial charge in [-0.3, -0.25) is 4.79 Å². The van der Waals surface area contributed by atoms with Gasteiger partial charge in [0.25, 0.3) is 0 Å². The van der Waals surface area contributed by atoms with Gasteiger partial charge in [0.2, 0.25) is 5.78 Å². The third kappa shape index (κ3) is 3.49. The van der Waals surface area contributed by atoms with E-state index in [2.05, 4.69) is 61.8 Å². The summed E-state index contributed by atoms with van der Waals surface area (Å²) in [5.41, 5.74) is 7.44. The summed E-state index contributed by atoms with van der Waals surface area (Å²) in [6.45, 7) is 8.67. The molecule has 0 saturated carbocycles. The maximum Gasteiger partial charge on any atom is 0.212 e. The van der Waals surface area contributed by atoms with Crippen molar-refractivity contribution in [3.05, 3.63) is 87.4 Å². The Morgan fingerprint density at radius 2 is 1.17 bits per heavy atom. The van der Waals surface area contributed by atoms with Gasteiger partial charge in [-0.25, -0.2) is 4.99 Å². The predicted octanol–water partition coefficient (Wildman–Crippen LogP) is 7.68. The lowest BCUT2D eigenvalue weighted by Gasteiger charge is -2.22. The monoisotopic (exact) mass is 445 g/mol. The molecule has 0 spiro atoms. The molecule has 146 valence electrons. The maximum atomic E-state index is 13.5. The molecule has 2 nitrogen and oxygen atoms in total. The number of ketones is 1. The number of carbonyl (C=O) groups excluding carboxylic acids is 1. The molecule has 0 heterocycles. The highest BCUT2D eigenvalue weighted by molar-refractivity contribution is 9.10. The lowest BCUT2D eigenvalue weighted by atomic mass is 9.83. The summed E-state index contributed by atoms with van der Waals surface area (Å²) in [7, 11) is 0. The van der Waals surface area contributed by atoms with Gasteiger partial charge in [0.15, 0.2) is 0 Å². The van der Waals surface area contributed by atoms with Crippen molar-refractivity contribution >= 4 is 33.1 Å².